The molecule has 20 heavy (non-hydrogen) atoms. The molecule has 0 unspecified atom stereocenters. The summed E-state index contributed by atoms with van der Waals surface area (Å²) in [4.78, 5) is 10.4. The molecule has 1 aromatic rings. The van der Waals surface area contributed by atoms with Gasteiger partial charge in [0, 0.05) is 6.42 Å². The molecule has 0 aliphatic carbocycles. The Morgan fingerprint density at radius 1 is 1.35 bits per heavy atom. The van der Waals surface area contributed by atoms with E-state index in [0.717, 1.165) is 30.6 Å². The Hall–Kier alpha value is -2.55. The second-order valence-corrected chi connectivity index (χ2v) is 4.12. The smallest absolute Gasteiger partial charge is 0.332 e. The second kappa shape index (κ2) is 9.39. The zero-order valence-corrected chi connectivity index (χ0v) is 11.2. The number of rotatable bonds is 8. The molecular weight excluding hydrogens is 256 g/mol. The van der Waals surface area contributed by atoms with Gasteiger partial charge < -0.3 is 10.5 Å². The normalized spacial score (nSPS) is 10.2. The molecule has 1 rings (SSSR count). The highest BCUT2D eigenvalue weighted by atomic mass is 16.5. The van der Waals surface area contributed by atoms with E-state index in [-0.39, 0.29) is 0 Å². The molecule has 1 aromatic carbocycles. The molecule has 0 heterocycles. The van der Waals surface area contributed by atoms with E-state index in [1.54, 1.807) is 0 Å². The van der Waals surface area contributed by atoms with Gasteiger partial charge in [0.05, 0.1) is 18.9 Å². The van der Waals surface area contributed by atoms with Crippen LogP contribution in [0.15, 0.2) is 29.4 Å². The standard InChI is InChI=1S/C14H18N4O2/c15-9-3-1-2-4-10-20-13-7-5-12(6-8-13)11-17-18-14(16)19/h5-8,11H,1-4,10H2,(H3,16,18,19). The quantitative estimate of drug-likeness (QED) is 0.431. The number of carbonyl (C=O) groups excluding carboxylic acids is 1. The van der Waals surface area contributed by atoms with Crippen molar-refractivity contribution in [2.45, 2.75) is 25.7 Å². The number of urea groups is 1. The zero-order valence-electron chi connectivity index (χ0n) is 11.2. The second-order valence-electron chi connectivity index (χ2n) is 4.12. The molecule has 0 aliphatic heterocycles. The van der Waals surface area contributed by atoms with Gasteiger partial charge in [0.25, 0.3) is 0 Å². The molecule has 3 N–H and O–H groups in total. The molecule has 0 bridgehead atoms. The van der Waals surface area contributed by atoms with E-state index < -0.39 is 6.03 Å². The zero-order chi connectivity index (χ0) is 14.6. The van der Waals surface area contributed by atoms with Crippen LogP contribution in [0.1, 0.15) is 31.2 Å². The van der Waals surface area contributed by atoms with Crippen LogP contribution in [0.25, 0.3) is 0 Å². The number of nitrogens with zero attached hydrogens (tertiary/aromatic N) is 2. The molecule has 106 valence electrons. The number of unbranched alkanes of at least 4 members (excludes halogenated alkanes) is 3. The first-order valence-corrected chi connectivity index (χ1v) is 6.40. The third-order valence-electron chi connectivity index (χ3n) is 2.47. The molecule has 0 saturated carbocycles. The lowest BCUT2D eigenvalue weighted by Crippen LogP contribution is -2.24. The van der Waals surface area contributed by atoms with E-state index in [4.69, 9.17) is 15.7 Å². The van der Waals surface area contributed by atoms with Crippen LogP contribution in [0, 0.1) is 11.3 Å². The Bertz CT molecular complexity index is 477. The molecule has 0 fully saturated rings. The van der Waals surface area contributed by atoms with Gasteiger partial charge in [0.2, 0.25) is 0 Å². The topological polar surface area (TPSA) is 100 Å². The van der Waals surface area contributed by atoms with Crippen molar-refractivity contribution in [3.8, 4) is 11.8 Å². The minimum Gasteiger partial charge on any atom is -0.494 e. The maximum Gasteiger partial charge on any atom is 0.332 e. The monoisotopic (exact) mass is 274 g/mol. The van der Waals surface area contributed by atoms with Crippen molar-refractivity contribution in [2.24, 2.45) is 10.8 Å². The van der Waals surface area contributed by atoms with Crippen LogP contribution in [0.2, 0.25) is 0 Å². The SMILES string of the molecule is N#CCCCCCOc1ccc(C=NNC(N)=O)cc1. The Labute approximate surface area is 118 Å². The van der Waals surface area contributed by atoms with Crippen molar-refractivity contribution in [2.75, 3.05) is 6.61 Å². The van der Waals surface area contributed by atoms with E-state index in [1.165, 1.54) is 6.21 Å². The van der Waals surface area contributed by atoms with Crippen LogP contribution in [0.4, 0.5) is 4.79 Å². The Kier molecular flexibility index (Phi) is 7.28. The van der Waals surface area contributed by atoms with Crippen LogP contribution in [0.3, 0.4) is 0 Å². The third-order valence-corrected chi connectivity index (χ3v) is 2.47. The van der Waals surface area contributed by atoms with E-state index in [9.17, 15) is 4.79 Å². The predicted octanol–water partition coefficient (Wildman–Crippen LogP) is 2.15. The van der Waals surface area contributed by atoms with Crippen molar-refractivity contribution in [3.05, 3.63) is 29.8 Å². The van der Waals surface area contributed by atoms with Gasteiger partial charge in [-0.3, -0.25) is 0 Å². The summed E-state index contributed by atoms with van der Waals surface area (Å²) in [6.07, 6.45) is 4.95. The summed E-state index contributed by atoms with van der Waals surface area (Å²) in [7, 11) is 0. The molecule has 0 radical (unpaired) electrons. The fraction of sp³-hybridized carbons (Fsp3) is 0.357. The maximum absolute atomic E-state index is 10.4. The lowest BCUT2D eigenvalue weighted by Gasteiger charge is -2.05. The van der Waals surface area contributed by atoms with Gasteiger partial charge in [-0.25, -0.2) is 10.2 Å². The Morgan fingerprint density at radius 3 is 2.75 bits per heavy atom. The summed E-state index contributed by atoms with van der Waals surface area (Å²) in [6, 6.07) is 8.75. The van der Waals surface area contributed by atoms with Crippen LogP contribution in [-0.2, 0) is 0 Å². The van der Waals surface area contributed by atoms with E-state index >= 15 is 0 Å². The average Bonchev–Trinajstić information content (AvgIpc) is 2.44. The van der Waals surface area contributed by atoms with Gasteiger partial charge in [-0.15, -0.1) is 0 Å². The van der Waals surface area contributed by atoms with E-state index in [1.807, 2.05) is 24.3 Å². The molecule has 0 aromatic heterocycles. The summed E-state index contributed by atoms with van der Waals surface area (Å²) in [5, 5.41) is 12.1. The van der Waals surface area contributed by atoms with Crippen molar-refractivity contribution < 1.29 is 9.53 Å². The number of carbonyl (C=O) groups is 1. The molecule has 2 amide bonds. The molecule has 6 nitrogen and oxygen atoms in total. The van der Waals surface area contributed by atoms with E-state index in [0.29, 0.717) is 13.0 Å². The lowest BCUT2D eigenvalue weighted by atomic mass is 10.2. The summed E-state index contributed by atoms with van der Waals surface area (Å²) in [6.45, 7) is 0.641. The van der Waals surface area contributed by atoms with E-state index in [2.05, 4.69) is 16.6 Å². The predicted molar refractivity (Wildman–Crippen MR) is 76.3 cm³/mol. The largest absolute Gasteiger partial charge is 0.494 e. The number of hydrogen-bond acceptors (Lipinski definition) is 4. The van der Waals surface area contributed by atoms with Gasteiger partial charge in [-0.1, -0.05) is 0 Å². The summed E-state index contributed by atoms with van der Waals surface area (Å²) in [5.74, 6) is 0.783. The summed E-state index contributed by atoms with van der Waals surface area (Å²) >= 11 is 0. The first-order chi connectivity index (χ1) is 9.72. The fourth-order valence-corrected chi connectivity index (χ4v) is 1.49. The minimum absolute atomic E-state index is 0.605. The lowest BCUT2D eigenvalue weighted by molar-refractivity contribution is 0.249. The molecule has 0 aliphatic rings. The third kappa shape index (κ3) is 7.01. The number of hydrazone groups is 1. The molecular formula is C14H18N4O2. The van der Waals surface area contributed by atoms with Gasteiger partial charge in [0.15, 0.2) is 0 Å². The van der Waals surface area contributed by atoms with Crippen LogP contribution in [-0.4, -0.2) is 18.9 Å². The van der Waals surface area contributed by atoms with Crippen molar-refractivity contribution in [1.82, 2.24) is 5.43 Å². The number of nitrogens with two attached hydrogens (primary N) is 1. The summed E-state index contributed by atoms with van der Waals surface area (Å²) < 4.78 is 5.57. The number of nitriles is 1. The van der Waals surface area contributed by atoms with Crippen molar-refractivity contribution in [1.29, 1.82) is 5.26 Å². The highest BCUT2D eigenvalue weighted by Gasteiger charge is 1.95. The van der Waals surface area contributed by atoms with Crippen LogP contribution >= 0.6 is 0 Å². The van der Waals surface area contributed by atoms with Crippen molar-refractivity contribution >= 4 is 12.2 Å². The average molecular weight is 274 g/mol. The fourth-order valence-electron chi connectivity index (χ4n) is 1.49. The van der Waals surface area contributed by atoms with Gasteiger partial charge >= 0.3 is 6.03 Å². The highest BCUT2D eigenvalue weighted by molar-refractivity contribution is 5.81. The molecule has 0 saturated heterocycles. The number of nitrogens with one attached hydrogen (secondary N) is 1. The highest BCUT2D eigenvalue weighted by Crippen LogP contribution is 2.12. The first-order valence-electron chi connectivity index (χ1n) is 6.40. The van der Waals surface area contributed by atoms with Crippen LogP contribution in [0.5, 0.6) is 5.75 Å². The molecule has 6 heteroatoms. The minimum atomic E-state index is -0.697. The van der Waals surface area contributed by atoms with Crippen molar-refractivity contribution in [3.63, 3.8) is 0 Å². The number of benzene rings is 1. The molecule has 0 spiro atoms. The summed E-state index contributed by atoms with van der Waals surface area (Å²) in [5.41, 5.74) is 7.83. The number of primary amides is 1. The number of hydrogen-bond donors (Lipinski definition) is 2. The maximum atomic E-state index is 10.4. The van der Waals surface area contributed by atoms with Gasteiger partial charge in [-0.05, 0) is 49.1 Å². The van der Waals surface area contributed by atoms with Gasteiger partial charge in [-0.2, -0.15) is 10.4 Å². The Balaban J connectivity index is 2.26. The number of ether oxygens (including phenoxy) is 1. The Morgan fingerprint density at radius 2 is 2.10 bits per heavy atom. The molecule has 0 atom stereocenters. The van der Waals surface area contributed by atoms with Gasteiger partial charge in [0.1, 0.15) is 5.75 Å². The first kappa shape index (κ1) is 15.5. The van der Waals surface area contributed by atoms with Crippen LogP contribution < -0.4 is 15.9 Å². The number of amides is 2.